The molecule has 1 aromatic rings. The number of unbranched alkanes of at least 4 members (excludes halogenated alkanes) is 1. The molecule has 18 heavy (non-hydrogen) atoms. The highest BCUT2D eigenvalue weighted by atomic mass is 35.5. The summed E-state index contributed by atoms with van der Waals surface area (Å²) in [5.41, 5.74) is 0.140. The fraction of sp³-hybridized carbons (Fsp3) is 0.462. The van der Waals surface area contributed by atoms with Crippen LogP contribution in [0.5, 0.6) is 0 Å². The largest absolute Gasteiger partial charge is 0.395 e. The molecule has 0 atom stereocenters. The van der Waals surface area contributed by atoms with Crippen LogP contribution in [0.1, 0.15) is 30.1 Å². The summed E-state index contributed by atoms with van der Waals surface area (Å²) in [6, 6.07) is 4.15. The number of benzene rings is 1. The van der Waals surface area contributed by atoms with Gasteiger partial charge in [-0.05, 0) is 18.6 Å². The summed E-state index contributed by atoms with van der Waals surface area (Å²) in [7, 11) is 0. The predicted molar refractivity (Wildman–Crippen MR) is 69.3 cm³/mol. The highest BCUT2D eigenvalue weighted by Gasteiger charge is 2.19. The number of hydrogen-bond acceptors (Lipinski definition) is 2. The molecular weight excluding hydrogens is 257 g/mol. The number of carbonyl (C=O) groups excluding carboxylic acids is 1. The predicted octanol–water partition coefficient (Wildman–Crippen LogP) is 2.71. The fourth-order valence-corrected chi connectivity index (χ4v) is 1.83. The molecule has 1 rings (SSSR count). The van der Waals surface area contributed by atoms with E-state index >= 15 is 0 Å². The maximum atomic E-state index is 13.3. The number of amides is 1. The van der Waals surface area contributed by atoms with Gasteiger partial charge in [-0.1, -0.05) is 31.0 Å². The molecule has 0 aliphatic heterocycles. The van der Waals surface area contributed by atoms with Crippen LogP contribution in [0.2, 0.25) is 5.02 Å². The van der Waals surface area contributed by atoms with Crippen molar-refractivity contribution in [2.45, 2.75) is 19.8 Å². The first kappa shape index (κ1) is 14.9. The maximum absolute atomic E-state index is 13.3. The van der Waals surface area contributed by atoms with Crippen LogP contribution >= 0.6 is 11.6 Å². The minimum atomic E-state index is -0.609. The van der Waals surface area contributed by atoms with E-state index in [1.165, 1.54) is 23.1 Å². The van der Waals surface area contributed by atoms with Crippen molar-refractivity contribution in [1.82, 2.24) is 4.90 Å². The second kappa shape index (κ2) is 7.34. The molecule has 0 aliphatic rings. The van der Waals surface area contributed by atoms with E-state index in [-0.39, 0.29) is 29.6 Å². The molecule has 0 bridgehead atoms. The Labute approximate surface area is 111 Å². The van der Waals surface area contributed by atoms with Crippen molar-refractivity contribution >= 4 is 17.5 Å². The average Bonchev–Trinajstić information content (AvgIpc) is 2.37. The third-order valence-electron chi connectivity index (χ3n) is 2.62. The zero-order valence-corrected chi connectivity index (χ0v) is 11.1. The molecule has 0 aromatic heterocycles. The standard InChI is InChI=1S/C13H17ClFNO2/c1-2-3-7-16(8-9-17)13(18)10-5-4-6-11(15)12(10)14/h4-6,17H,2-3,7-9H2,1H3. The third-order valence-corrected chi connectivity index (χ3v) is 3.00. The van der Waals surface area contributed by atoms with E-state index in [4.69, 9.17) is 16.7 Å². The van der Waals surface area contributed by atoms with Gasteiger partial charge in [0, 0.05) is 13.1 Å². The number of halogens is 2. The van der Waals surface area contributed by atoms with Crippen LogP contribution in [0.4, 0.5) is 4.39 Å². The SMILES string of the molecule is CCCCN(CCO)C(=O)c1cccc(F)c1Cl. The molecule has 0 fully saturated rings. The minimum Gasteiger partial charge on any atom is -0.395 e. The molecule has 0 unspecified atom stereocenters. The van der Waals surface area contributed by atoms with Crippen molar-refractivity contribution in [3.63, 3.8) is 0 Å². The summed E-state index contributed by atoms with van der Waals surface area (Å²) < 4.78 is 13.3. The molecule has 3 nitrogen and oxygen atoms in total. The Morgan fingerprint density at radius 3 is 2.78 bits per heavy atom. The molecule has 100 valence electrons. The Morgan fingerprint density at radius 1 is 1.44 bits per heavy atom. The van der Waals surface area contributed by atoms with E-state index < -0.39 is 5.82 Å². The van der Waals surface area contributed by atoms with Gasteiger partial charge in [-0.25, -0.2) is 4.39 Å². The number of aliphatic hydroxyl groups excluding tert-OH is 1. The highest BCUT2D eigenvalue weighted by Crippen LogP contribution is 2.21. The number of hydrogen-bond donors (Lipinski definition) is 1. The van der Waals surface area contributed by atoms with E-state index in [1.54, 1.807) is 0 Å². The number of carbonyl (C=O) groups is 1. The van der Waals surface area contributed by atoms with Crippen molar-refractivity contribution in [2.75, 3.05) is 19.7 Å². The molecule has 0 saturated carbocycles. The Bertz CT molecular complexity index is 412. The van der Waals surface area contributed by atoms with Crippen LogP contribution in [0, 0.1) is 5.82 Å². The lowest BCUT2D eigenvalue weighted by atomic mass is 10.1. The van der Waals surface area contributed by atoms with Crippen LogP contribution in [0.15, 0.2) is 18.2 Å². The second-order valence-electron chi connectivity index (χ2n) is 3.97. The van der Waals surface area contributed by atoms with Crippen molar-refractivity contribution in [1.29, 1.82) is 0 Å². The quantitative estimate of drug-likeness (QED) is 0.866. The van der Waals surface area contributed by atoms with Crippen molar-refractivity contribution < 1.29 is 14.3 Å². The molecular formula is C13H17ClFNO2. The number of nitrogens with zero attached hydrogens (tertiary/aromatic N) is 1. The minimum absolute atomic E-state index is 0.123. The summed E-state index contributed by atoms with van der Waals surface area (Å²) in [5.74, 6) is -0.955. The van der Waals surface area contributed by atoms with E-state index in [0.717, 1.165) is 12.8 Å². The van der Waals surface area contributed by atoms with E-state index in [2.05, 4.69) is 0 Å². The first-order chi connectivity index (χ1) is 8.61. The molecule has 1 aromatic carbocycles. The summed E-state index contributed by atoms with van der Waals surface area (Å²) in [5, 5.41) is 8.79. The van der Waals surface area contributed by atoms with Crippen LogP contribution in [-0.4, -0.2) is 35.6 Å². The lowest BCUT2D eigenvalue weighted by Crippen LogP contribution is -2.34. The average molecular weight is 274 g/mol. The van der Waals surface area contributed by atoms with E-state index in [9.17, 15) is 9.18 Å². The van der Waals surface area contributed by atoms with Crippen LogP contribution in [0.3, 0.4) is 0 Å². The zero-order valence-electron chi connectivity index (χ0n) is 10.3. The molecule has 0 spiro atoms. The maximum Gasteiger partial charge on any atom is 0.255 e. The molecule has 1 N–H and O–H groups in total. The number of rotatable bonds is 6. The third kappa shape index (κ3) is 3.68. The van der Waals surface area contributed by atoms with Crippen molar-refractivity contribution in [3.8, 4) is 0 Å². The monoisotopic (exact) mass is 273 g/mol. The Kier molecular flexibility index (Phi) is 6.09. The topological polar surface area (TPSA) is 40.5 Å². The highest BCUT2D eigenvalue weighted by molar-refractivity contribution is 6.34. The molecule has 0 heterocycles. The van der Waals surface area contributed by atoms with E-state index in [1.807, 2.05) is 6.92 Å². The summed E-state index contributed by atoms with van der Waals surface area (Å²) in [6.07, 6.45) is 1.77. The fourth-order valence-electron chi connectivity index (χ4n) is 1.62. The van der Waals surface area contributed by atoms with Gasteiger partial charge in [0.1, 0.15) is 5.82 Å². The molecule has 0 radical (unpaired) electrons. The lowest BCUT2D eigenvalue weighted by molar-refractivity contribution is 0.0719. The first-order valence-corrected chi connectivity index (χ1v) is 6.33. The Morgan fingerprint density at radius 2 is 2.17 bits per heavy atom. The Balaban J connectivity index is 2.90. The lowest BCUT2D eigenvalue weighted by Gasteiger charge is -2.22. The summed E-state index contributed by atoms with van der Waals surface area (Å²) >= 11 is 5.78. The Hall–Kier alpha value is -1.13. The molecule has 0 aliphatic carbocycles. The number of aliphatic hydroxyl groups is 1. The molecule has 1 amide bonds. The first-order valence-electron chi connectivity index (χ1n) is 5.96. The van der Waals surface area contributed by atoms with Gasteiger partial charge in [0.05, 0.1) is 17.2 Å². The molecule has 5 heteroatoms. The van der Waals surface area contributed by atoms with Gasteiger partial charge < -0.3 is 10.0 Å². The van der Waals surface area contributed by atoms with Gasteiger partial charge in [-0.2, -0.15) is 0 Å². The summed E-state index contributed by atoms with van der Waals surface area (Å²) in [4.78, 5) is 13.7. The van der Waals surface area contributed by atoms with Crippen LogP contribution in [-0.2, 0) is 0 Å². The van der Waals surface area contributed by atoms with Crippen LogP contribution in [0.25, 0.3) is 0 Å². The smallest absolute Gasteiger partial charge is 0.255 e. The van der Waals surface area contributed by atoms with Gasteiger partial charge in [0.2, 0.25) is 0 Å². The molecule has 0 saturated heterocycles. The van der Waals surface area contributed by atoms with Gasteiger partial charge in [0.15, 0.2) is 0 Å². The van der Waals surface area contributed by atoms with Crippen molar-refractivity contribution in [2.24, 2.45) is 0 Å². The van der Waals surface area contributed by atoms with Gasteiger partial charge >= 0.3 is 0 Å². The van der Waals surface area contributed by atoms with Gasteiger partial charge in [-0.15, -0.1) is 0 Å². The van der Waals surface area contributed by atoms with E-state index in [0.29, 0.717) is 6.54 Å². The van der Waals surface area contributed by atoms with Gasteiger partial charge in [-0.3, -0.25) is 4.79 Å². The normalized spacial score (nSPS) is 10.4. The van der Waals surface area contributed by atoms with Gasteiger partial charge in [0.25, 0.3) is 5.91 Å². The second-order valence-corrected chi connectivity index (χ2v) is 4.35. The van der Waals surface area contributed by atoms with Crippen LogP contribution < -0.4 is 0 Å². The van der Waals surface area contributed by atoms with Crippen molar-refractivity contribution in [3.05, 3.63) is 34.6 Å². The zero-order chi connectivity index (χ0) is 13.5. The summed E-state index contributed by atoms with van der Waals surface area (Å²) in [6.45, 7) is 2.65.